The Labute approximate surface area is 210 Å². The molecule has 182 valence electrons. The molecule has 4 atom stereocenters. The van der Waals surface area contributed by atoms with Crippen molar-refractivity contribution in [3.63, 3.8) is 0 Å². The van der Waals surface area contributed by atoms with Gasteiger partial charge in [0.15, 0.2) is 0 Å². The predicted octanol–water partition coefficient (Wildman–Crippen LogP) is 8.82. The lowest BCUT2D eigenvalue weighted by molar-refractivity contribution is -0.132. The SMILES string of the molecule is CC(=O)Oc1c(C)c(C)c2c(c1C)C(I)CC(C)(CCC(C)CCC(C)CCC(C)C)O2. The molecule has 0 spiro atoms. The third-order valence-corrected chi connectivity index (χ3v) is 8.37. The third kappa shape index (κ3) is 7.11. The second-order valence-corrected chi connectivity index (χ2v) is 12.6. The van der Waals surface area contributed by atoms with Gasteiger partial charge in [0, 0.05) is 28.4 Å². The fourth-order valence-electron chi connectivity index (χ4n) is 4.87. The van der Waals surface area contributed by atoms with Crippen molar-refractivity contribution in [3.8, 4) is 11.5 Å². The van der Waals surface area contributed by atoms with Gasteiger partial charge in [0.25, 0.3) is 0 Å². The number of benzene rings is 1. The van der Waals surface area contributed by atoms with E-state index in [0.717, 1.165) is 53.0 Å². The van der Waals surface area contributed by atoms with Gasteiger partial charge in [0.05, 0.1) is 0 Å². The summed E-state index contributed by atoms with van der Waals surface area (Å²) in [5, 5.41) is 0. The number of fused-ring (bicyclic) bond motifs is 1. The normalized spacial score (nSPS) is 22.3. The van der Waals surface area contributed by atoms with Gasteiger partial charge in [-0.1, -0.05) is 76.0 Å². The highest BCUT2D eigenvalue weighted by molar-refractivity contribution is 14.1. The number of rotatable bonds is 10. The van der Waals surface area contributed by atoms with E-state index in [1.807, 2.05) is 6.92 Å². The van der Waals surface area contributed by atoms with Crippen LogP contribution in [0.5, 0.6) is 11.5 Å². The largest absolute Gasteiger partial charge is 0.487 e. The van der Waals surface area contributed by atoms with Crippen LogP contribution >= 0.6 is 22.6 Å². The first-order valence-electron chi connectivity index (χ1n) is 12.5. The minimum Gasteiger partial charge on any atom is -0.487 e. The van der Waals surface area contributed by atoms with E-state index in [1.165, 1.54) is 44.6 Å². The summed E-state index contributed by atoms with van der Waals surface area (Å²) in [7, 11) is 0. The van der Waals surface area contributed by atoms with E-state index in [4.69, 9.17) is 9.47 Å². The molecule has 1 heterocycles. The van der Waals surface area contributed by atoms with Gasteiger partial charge in [-0.25, -0.2) is 0 Å². The molecule has 2 rings (SSSR count). The van der Waals surface area contributed by atoms with Crippen LogP contribution in [0.2, 0.25) is 0 Å². The molecule has 0 saturated heterocycles. The number of esters is 1. The molecular formula is C28H45IO3. The maximum absolute atomic E-state index is 11.6. The molecule has 0 N–H and O–H groups in total. The molecular weight excluding hydrogens is 511 g/mol. The Balaban J connectivity index is 2.06. The Hall–Kier alpha value is -0.780. The lowest BCUT2D eigenvalue weighted by Gasteiger charge is -2.41. The molecule has 0 bridgehead atoms. The highest BCUT2D eigenvalue weighted by atomic mass is 127. The zero-order valence-corrected chi connectivity index (χ0v) is 24.0. The van der Waals surface area contributed by atoms with Crippen LogP contribution in [-0.4, -0.2) is 11.6 Å². The molecule has 0 aliphatic carbocycles. The average molecular weight is 557 g/mol. The van der Waals surface area contributed by atoms with Crippen LogP contribution in [0.3, 0.4) is 0 Å². The van der Waals surface area contributed by atoms with Crippen LogP contribution in [0.15, 0.2) is 0 Å². The molecule has 0 radical (unpaired) electrons. The number of carbonyl (C=O) groups is 1. The lowest BCUT2D eigenvalue weighted by Crippen LogP contribution is -2.38. The van der Waals surface area contributed by atoms with E-state index in [9.17, 15) is 4.79 Å². The van der Waals surface area contributed by atoms with Crippen LogP contribution in [0.25, 0.3) is 0 Å². The van der Waals surface area contributed by atoms with E-state index in [0.29, 0.717) is 9.67 Å². The van der Waals surface area contributed by atoms with Gasteiger partial charge in [-0.2, -0.15) is 0 Å². The van der Waals surface area contributed by atoms with E-state index < -0.39 is 0 Å². The van der Waals surface area contributed by atoms with Crippen molar-refractivity contribution >= 4 is 28.6 Å². The first-order chi connectivity index (χ1) is 14.8. The van der Waals surface area contributed by atoms with Gasteiger partial charge in [-0.3, -0.25) is 4.79 Å². The van der Waals surface area contributed by atoms with Crippen molar-refractivity contribution < 1.29 is 14.3 Å². The second kappa shape index (κ2) is 11.6. The van der Waals surface area contributed by atoms with Crippen LogP contribution in [-0.2, 0) is 4.79 Å². The Morgan fingerprint density at radius 3 is 2.12 bits per heavy atom. The second-order valence-electron chi connectivity index (χ2n) is 11.1. The molecule has 1 aromatic carbocycles. The van der Waals surface area contributed by atoms with Crippen molar-refractivity contribution in [2.24, 2.45) is 17.8 Å². The van der Waals surface area contributed by atoms with Gasteiger partial charge < -0.3 is 9.47 Å². The van der Waals surface area contributed by atoms with Gasteiger partial charge >= 0.3 is 5.97 Å². The van der Waals surface area contributed by atoms with Gasteiger partial charge in [-0.15, -0.1) is 0 Å². The molecule has 1 aliphatic rings. The monoisotopic (exact) mass is 556 g/mol. The maximum Gasteiger partial charge on any atom is 0.308 e. The first-order valence-corrected chi connectivity index (χ1v) is 13.7. The summed E-state index contributed by atoms with van der Waals surface area (Å²) in [5.74, 6) is 3.81. The van der Waals surface area contributed by atoms with Gasteiger partial charge in [0.1, 0.15) is 17.1 Å². The van der Waals surface area contributed by atoms with E-state index in [1.54, 1.807) is 0 Å². The summed E-state index contributed by atoms with van der Waals surface area (Å²) in [4.78, 5) is 11.6. The van der Waals surface area contributed by atoms with Crippen LogP contribution in [0.4, 0.5) is 0 Å². The predicted molar refractivity (Wildman–Crippen MR) is 143 cm³/mol. The van der Waals surface area contributed by atoms with Gasteiger partial charge in [-0.05, 0) is 69.4 Å². The van der Waals surface area contributed by atoms with Crippen LogP contribution in [0, 0.1) is 38.5 Å². The standard InChI is InChI=1S/C28H45IO3/c1-17(2)10-11-18(3)12-13-19(4)14-15-28(9)16-24(29)25-22(7)26(31-23(8)30)20(5)21(6)27(25)32-28/h17-19,24H,10-16H2,1-9H3. The molecule has 4 heteroatoms. The molecule has 32 heavy (non-hydrogen) atoms. The molecule has 4 unspecified atom stereocenters. The maximum atomic E-state index is 11.6. The number of hydrogen-bond donors (Lipinski definition) is 0. The fourth-order valence-corrected chi connectivity index (χ4v) is 6.55. The molecule has 0 amide bonds. The fraction of sp³-hybridized carbons (Fsp3) is 0.750. The molecule has 0 saturated carbocycles. The summed E-state index contributed by atoms with van der Waals surface area (Å²) < 4.78 is 12.7. The topological polar surface area (TPSA) is 35.5 Å². The number of alkyl halides is 1. The van der Waals surface area contributed by atoms with Crippen molar-refractivity contribution in [3.05, 3.63) is 22.3 Å². The summed E-state index contributed by atoms with van der Waals surface area (Å²) >= 11 is 2.55. The van der Waals surface area contributed by atoms with Crippen LogP contribution in [0.1, 0.15) is 113 Å². The van der Waals surface area contributed by atoms with Gasteiger partial charge in [0.2, 0.25) is 0 Å². The molecule has 1 aliphatic heterocycles. The number of halogens is 1. The molecule has 0 fully saturated rings. The third-order valence-electron chi connectivity index (χ3n) is 7.31. The summed E-state index contributed by atoms with van der Waals surface area (Å²) in [6, 6.07) is 0. The van der Waals surface area contributed by atoms with Crippen molar-refractivity contribution in [1.29, 1.82) is 0 Å². The molecule has 0 aromatic heterocycles. The van der Waals surface area contributed by atoms with Crippen molar-refractivity contribution in [2.45, 2.75) is 117 Å². The lowest BCUT2D eigenvalue weighted by atomic mass is 9.82. The minimum absolute atomic E-state index is 0.150. The number of carbonyl (C=O) groups excluding carboxylic acids is 1. The minimum atomic E-state index is -0.269. The summed E-state index contributed by atoms with van der Waals surface area (Å²) in [6.07, 6.45) is 8.61. The Bertz CT molecular complexity index is 801. The van der Waals surface area contributed by atoms with E-state index >= 15 is 0 Å². The van der Waals surface area contributed by atoms with Crippen LogP contribution < -0.4 is 9.47 Å². The highest BCUT2D eigenvalue weighted by Crippen LogP contribution is 2.52. The number of ether oxygens (including phenoxy) is 2. The Kier molecular flexibility index (Phi) is 9.93. The zero-order valence-electron chi connectivity index (χ0n) is 21.9. The Morgan fingerprint density at radius 2 is 1.56 bits per heavy atom. The number of hydrogen-bond acceptors (Lipinski definition) is 3. The molecule has 3 nitrogen and oxygen atoms in total. The van der Waals surface area contributed by atoms with Crippen molar-refractivity contribution in [1.82, 2.24) is 0 Å². The van der Waals surface area contributed by atoms with E-state index in [2.05, 4.69) is 71.1 Å². The quantitative estimate of drug-likeness (QED) is 0.125. The molecule has 1 aromatic rings. The van der Waals surface area contributed by atoms with Crippen molar-refractivity contribution in [2.75, 3.05) is 0 Å². The van der Waals surface area contributed by atoms with E-state index in [-0.39, 0.29) is 11.6 Å². The zero-order chi connectivity index (χ0) is 24.2. The summed E-state index contributed by atoms with van der Waals surface area (Å²) in [6.45, 7) is 19.4. The first kappa shape index (κ1) is 27.5. The average Bonchev–Trinajstić information content (AvgIpc) is 2.70. The smallest absolute Gasteiger partial charge is 0.308 e. The Morgan fingerprint density at radius 1 is 1.00 bits per heavy atom. The highest BCUT2D eigenvalue weighted by Gasteiger charge is 2.39. The summed E-state index contributed by atoms with van der Waals surface area (Å²) in [5.41, 5.74) is 4.20.